The fourth-order valence-electron chi connectivity index (χ4n) is 3.26. The molecule has 4 heteroatoms. The molecule has 0 saturated carbocycles. The molecule has 0 spiro atoms. The summed E-state index contributed by atoms with van der Waals surface area (Å²) >= 11 is 0. The van der Waals surface area contributed by atoms with Crippen LogP contribution in [0.5, 0.6) is 5.75 Å². The molecule has 2 aromatic carbocycles. The summed E-state index contributed by atoms with van der Waals surface area (Å²) in [4.78, 5) is 0. The highest BCUT2D eigenvalue weighted by atomic mass is 19.1. The number of furan rings is 1. The Kier molecular flexibility index (Phi) is 6.53. The molecule has 1 aromatic heterocycles. The Morgan fingerprint density at radius 2 is 1.71 bits per heavy atom. The summed E-state index contributed by atoms with van der Waals surface area (Å²) < 4.78 is 24.8. The maximum absolute atomic E-state index is 13.3. The van der Waals surface area contributed by atoms with E-state index in [4.69, 9.17) is 9.15 Å². The Balaban J connectivity index is 1.54. The molecule has 1 heterocycles. The van der Waals surface area contributed by atoms with Crippen LogP contribution < -0.4 is 10.1 Å². The van der Waals surface area contributed by atoms with E-state index in [9.17, 15) is 4.39 Å². The summed E-state index contributed by atoms with van der Waals surface area (Å²) in [6.45, 7) is 7.99. The number of benzene rings is 2. The van der Waals surface area contributed by atoms with Crippen LogP contribution in [0.4, 0.5) is 4.39 Å². The molecule has 28 heavy (non-hydrogen) atoms. The normalized spacial score (nSPS) is 12.7. The molecular weight excluding hydrogens is 353 g/mol. The Morgan fingerprint density at radius 3 is 2.32 bits per heavy atom. The van der Waals surface area contributed by atoms with Crippen molar-refractivity contribution in [1.29, 1.82) is 0 Å². The lowest BCUT2D eigenvalue weighted by Gasteiger charge is -2.21. The predicted octanol–water partition coefficient (Wildman–Crippen LogP) is 4.88. The molecular formula is C24H29FNO2+. The summed E-state index contributed by atoms with van der Waals surface area (Å²) in [7, 11) is 0. The van der Waals surface area contributed by atoms with Crippen LogP contribution in [0.3, 0.4) is 0 Å². The van der Waals surface area contributed by atoms with E-state index in [2.05, 4.69) is 17.4 Å². The lowest BCUT2D eigenvalue weighted by Crippen LogP contribution is -2.82. The number of quaternary nitrogens is 1. The van der Waals surface area contributed by atoms with Crippen LogP contribution in [0.2, 0.25) is 0 Å². The van der Waals surface area contributed by atoms with Gasteiger partial charge in [-0.05, 0) is 74.9 Å². The van der Waals surface area contributed by atoms with Gasteiger partial charge < -0.3 is 14.5 Å². The summed E-state index contributed by atoms with van der Waals surface area (Å²) in [5, 5.41) is 2.29. The zero-order valence-corrected chi connectivity index (χ0v) is 16.8. The van der Waals surface area contributed by atoms with E-state index in [0.717, 1.165) is 36.6 Å². The standard InChI is InChI=1S/C24H28FNO2/c1-24(2,3)28-21-12-6-18(7-13-21)17-26-15-14-22(23-5-4-16-27-23)19-8-10-20(25)11-9-19/h4-13,16,22,26H,14-15,17H2,1-3H3/p+1/t22-/m1/s1. The predicted molar refractivity (Wildman–Crippen MR) is 109 cm³/mol. The first-order valence-corrected chi connectivity index (χ1v) is 9.79. The number of hydrogen-bond acceptors (Lipinski definition) is 2. The molecule has 0 bridgehead atoms. The molecule has 0 saturated heterocycles. The molecule has 0 aliphatic carbocycles. The minimum absolute atomic E-state index is 0.134. The molecule has 1 atom stereocenters. The Labute approximate surface area is 166 Å². The summed E-state index contributed by atoms with van der Waals surface area (Å²) in [6, 6.07) is 18.9. The highest BCUT2D eigenvalue weighted by Gasteiger charge is 2.18. The van der Waals surface area contributed by atoms with E-state index in [1.165, 1.54) is 17.7 Å². The van der Waals surface area contributed by atoms with Crippen molar-refractivity contribution in [3.63, 3.8) is 0 Å². The van der Waals surface area contributed by atoms with Crippen molar-refractivity contribution in [2.45, 2.75) is 45.3 Å². The molecule has 3 aromatic rings. The minimum Gasteiger partial charge on any atom is -0.488 e. The van der Waals surface area contributed by atoms with Crippen molar-refractivity contribution in [3.05, 3.63) is 89.6 Å². The lowest BCUT2D eigenvalue weighted by molar-refractivity contribution is -0.671. The van der Waals surface area contributed by atoms with Crippen molar-refractivity contribution in [2.75, 3.05) is 6.54 Å². The summed E-state index contributed by atoms with van der Waals surface area (Å²) in [5.41, 5.74) is 2.15. The fourth-order valence-corrected chi connectivity index (χ4v) is 3.26. The van der Waals surface area contributed by atoms with Gasteiger partial charge in [0.1, 0.15) is 29.5 Å². The molecule has 3 rings (SSSR count). The second-order valence-corrected chi connectivity index (χ2v) is 8.05. The average molecular weight is 382 g/mol. The Morgan fingerprint density at radius 1 is 1.00 bits per heavy atom. The molecule has 3 nitrogen and oxygen atoms in total. The van der Waals surface area contributed by atoms with E-state index in [1.54, 1.807) is 6.26 Å². The van der Waals surface area contributed by atoms with E-state index in [0.29, 0.717) is 0 Å². The van der Waals surface area contributed by atoms with Crippen LogP contribution in [-0.2, 0) is 6.54 Å². The topological polar surface area (TPSA) is 39.0 Å². The smallest absolute Gasteiger partial charge is 0.123 e. The van der Waals surface area contributed by atoms with Crippen molar-refractivity contribution in [3.8, 4) is 5.75 Å². The first-order chi connectivity index (χ1) is 13.4. The molecule has 148 valence electrons. The summed E-state index contributed by atoms with van der Waals surface area (Å²) in [6.07, 6.45) is 2.61. The van der Waals surface area contributed by atoms with E-state index >= 15 is 0 Å². The van der Waals surface area contributed by atoms with Gasteiger partial charge in [-0.3, -0.25) is 0 Å². The molecule has 0 aliphatic heterocycles. The van der Waals surface area contributed by atoms with Crippen LogP contribution in [-0.4, -0.2) is 12.1 Å². The van der Waals surface area contributed by atoms with Crippen molar-refractivity contribution in [1.82, 2.24) is 0 Å². The number of rotatable bonds is 8. The maximum Gasteiger partial charge on any atom is 0.123 e. The fraction of sp³-hybridized carbons (Fsp3) is 0.333. The van der Waals surface area contributed by atoms with Crippen molar-refractivity contribution < 1.29 is 18.9 Å². The van der Waals surface area contributed by atoms with Crippen LogP contribution >= 0.6 is 0 Å². The van der Waals surface area contributed by atoms with Gasteiger partial charge in [0.15, 0.2) is 0 Å². The Bertz CT molecular complexity index is 834. The molecule has 0 fully saturated rings. The van der Waals surface area contributed by atoms with E-state index < -0.39 is 0 Å². The van der Waals surface area contributed by atoms with Gasteiger partial charge in [0.25, 0.3) is 0 Å². The molecule has 0 aliphatic rings. The van der Waals surface area contributed by atoms with Crippen LogP contribution in [0, 0.1) is 5.82 Å². The van der Waals surface area contributed by atoms with Gasteiger partial charge in [-0.25, -0.2) is 4.39 Å². The maximum atomic E-state index is 13.3. The second-order valence-electron chi connectivity index (χ2n) is 8.05. The first-order valence-electron chi connectivity index (χ1n) is 9.79. The SMILES string of the molecule is CC(C)(C)Oc1ccc(C[NH2+]CC[C@H](c2ccc(F)cc2)c2ccco2)cc1. The third kappa shape index (κ3) is 5.96. The Hall–Kier alpha value is -2.59. The molecule has 2 N–H and O–H groups in total. The van der Waals surface area contributed by atoms with Gasteiger partial charge in [-0.15, -0.1) is 0 Å². The summed E-state index contributed by atoms with van der Waals surface area (Å²) in [5.74, 6) is 1.73. The van der Waals surface area contributed by atoms with Gasteiger partial charge in [-0.1, -0.05) is 12.1 Å². The molecule has 0 radical (unpaired) electrons. The molecule has 0 unspecified atom stereocenters. The van der Waals surface area contributed by atoms with Crippen LogP contribution in [0.15, 0.2) is 71.3 Å². The van der Waals surface area contributed by atoms with E-state index in [1.807, 2.05) is 57.2 Å². The van der Waals surface area contributed by atoms with Gasteiger partial charge in [0, 0.05) is 17.9 Å². The third-order valence-corrected chi connectivity index (χ3v) is 4.55. The lowest BCUT2D eigenvalue weighted by atomic mass is 9.93. The van der Waals surface area contributed by atoms with Crippen molar-refractivity contribution in [2.24, 2.45) is 0 Å². The largest absolute Gasteiger partial charge is 0.488 e. The van der Waals surface area contributed by atoms with Gasteiger partial charge in [-0.2, -0.15) is 0 Å². The van der Waals surface area contributed by atoms with Crippen LogP contribution in [0.25, 0.3) is 0 Å². The quantitative estimate of drug-likeness (QED) is 0.564. The highest BCUT2D eigenvalue weighted by molar-refractivity contribution is 5.28. The highest BCUT2D eigenvalue weighted by Crippen LogP contribution is 2.28. The molecule has 0 amide bonds. The zero-order valence-electron chi connectivity index (χ0n) is 16.8. The monoisotopic (exact) mass is 382 g/mol. The van der Waals surface area contributed by atoms with Gasteiger partial charge in [0.2, 0.25) is 0 Å². The second kappa shape index (κ2) is 9.07. The number of ether oxygens (including phenoxy) is 1. The van der Waals surface area contributed by atoms with Gasteiger partial charge in [0.05, 0.1) is 12.8 Å². The van der Waals surface area contributed by atoms with E-state index in [-0.39, 0.29) is 17.3 Å². The van der Waals surface area contributed by atoms with Crippen LogP contribution in [0.1, 0.15) is 50.0 Å². The average Bonchev–Trinajstić information content (AvgIpc) is 3.17. The zero-order chi connectivity index (χ0) is 20.0. The number of halogens is 1. The van der Waals surface area contributed by atoms with Gasteiger partial charge >= 0.3 is 0 Å². The van der Waals surface area contributed by atoms with Crippen molar-refractivity contribution >= 4 is 0 Å². The number of nitrogens with two attached hydrogens (primary N) is 1. The number of hydrogen-bond donors (Lipinski definition) is 1. The third-order valence-electron chi connectivity index (χ3n) is 4.55. The minimum atomic E-state index is -0.215. The first kappa shape index (κ1) is 20.2.